The summed E-state index contributed by atoms with van der Waals surface area (Å²) in [7, 11) is -9.41. The fourth-order valence-electron chi connectivity index (χ4n) is 4.55. The highest BCUT2D eigenvalue weighted by Crippen LogP contribution is 2.46. The third-order valence-corrected chi connectivity index (χ3v) is 9.23. The van der Waals surface area contributed by atoms with Crippen molar-refractivity contribution >= 4 is 82.3 Å². The Labute approximate surface area is 286 Å². The summed E-state index contributed by atoms with van der Waals surface area (Å²) in [5, 5.41) is 59.3. The SMILES string of the molecule is Nc1cc2c(O)c(N=Nc3ccc(N=Nc4cccc(OCC(O)CO)c4)c4ccc(S(=O)(=O)O)cc34)c(SOOO)cc2cc1S(=O)(=O)O. The van der Waals surface area contributed by atoms with Crippen molar-refractivity contribution in [3.05, 3.63) is 72.8 Å². The Morgan fingerprint density at radius 1 is 0.820 bits per heavy atom. The van der Waals surface area contributed by atoms with Crippen LogP contribution in [0.2, 0.25) is 0 Å². The first kappa shape index (κ1) is 36.5. The predicted molar refractivity (Wildman–Crippen MR) is 178 cm³/mol. The van der Waals surface area contributed by atoms with Gasteiger partial charge in [-0.05, 0) is 60.0 Å². The molecule has 1 unspecified atom stereocenters. The van der Waals surface area contributed by atoms with E-state index in [1.54, 1.807) is 18.2 Å². The van der Waals surface area contributed by atoms with Gasteiger partial charge in [-0.1, -0.05) is 17.2 Å². The van der Waals surface area contributed by atoms with E-state index in [2.05, 4.69) is 29.8 Å². The summed E-state index contributed by atoms with van der Waals surface area (Å²) in [4.78, 5) is -1.18. The predicted octanol–water partition coefficient (Wildman–Crippen LogP) is 5.77. The lowest BCUT2D eigenvalue weighted by Gasteiger charge is -2.12. The molecule has 5 aromatic rings. The molecule has 0 aliphatic heterocycles. The molecule has 0 fully saturated rings. The lowest BCUT2D eigenvalue weighted by Crippen LogP contribution is -2.21. The molecular formula is C29H25N5O13S3. The van der Waals surface area contributed by atoms with Gasteiger partial charge in [0.15, 0.2) is 5.75 Å². The zero-order valence-corrected chi connectivity index (χ0v) is 27.5. The maximum atomic E-state index is 12.0. The van der Waals surface area contributed by atoms with Crippen LogP contribution in [0.5, 0.6) is 11.5 Å². The van der Waals surface area contributed by atoms with Crippen LogP contribution in [-0.2, 0) is 29.6 Å². The maximum Gasteiger partial charge on any atom is 0.296 e. The number of aliphatic hydroxyl groups is 2. The molecule has 50 heavy (non-hydrogen) atoms. The average Bonchev–Trinajstić information content (AvgIpc) is 3.07. The molecule has 0 aliphatic carbocycles. The number of nitrogen functional groups attached to an aromatic ring is 1. The summed E-state index contributed by atoms with van der Waals surface area (Å²) in [6, 6.07) is 16.2. The van der Waals surface area contributed by atoms with Gasteiger partial charge in [-0.15, -0.1) is 19.7 Å². The minimum absolute atomic E-state index is 0.00793. The highest BCUT2D eigenvalue weighted by Gasteiger charge is 2.21. The van der Waals surface area contributed by atoms with Crippen LogP contribution < -0.4 is 10.5 Å². The molecule has 0 amide bonds. The number of ether oxygens (including phenoxy) is 1. The molecule has 1 atom stereocenters. The minimum Gasteiger partial charge on any atom is -0.505 e. The summed E-state index contributed by atoms with van der Waals surface area (Å²) in [5.74, 6) is -0.228. The number of nitrogens with two attached hydrogens (primary N) is 1. The van der Waals surface area contributed by atoms with Gasteiger partial charge in [-0.2, -0.15) is 21.9 Å². The van der Waals surface area contributed by atoms with Crippen LogP contribution in [0.3, 0.4) is 0 Å². The van der Waals surface area contributed by atoms with Gasteiger partial charge in [0.05, 0.1) is 51.2 Å². The van der Waals surface area contributed by atoms with Crippen molar-refractivity contribution in [1.82, 2.24) is 0 Å². The number of fused-ring (bicyclic) bond motifs is 2. The minimum atomic E-state index is -4.74. The number of benzene rings is 5. The smallest absolute Gasteiger partial charge is 0.296 e. The number of phenolic OH excluding ortho intramolecular Hbond substituents is 1. The molecule has 0 saturated carbocycles. The van der Waals surface area contributed by atoms with Crippen LogP contribution in [0.1, 0.15) is 0 Å². The van der Waals surface area contributed by atoms with Gasteiger partial charge in [0.25, 0.3) is 20.2 Å². The van der Waals surface area contributed by atoms with Gasteiger partial charge in [-0.25, -0.2) is 5.26 Å². The lowest BCUT2D eigenvalue weighted by molar-refractivity contribution is -0.432. The number of nitrogens with zero attached hydrogens (tertiary/aromatic N) is 4. The van der Waals surface area contributed by atoms with E-state index in [-0.39, 0.29) is 50.4 Å². The first-order chi connectivity index (χ1) is 23.7. The molecule has 5 aromatic carbocycles. The molecule has 0 spiro atoms. The maximum absolute atomic E-state index is 12.0. The Balaban J connectivity index is 1.60. The Bertz CT molecular complexity index is 2370. The third kappa shape index (κ3) is 8.31. The standard InChI is InChI=1S/C29H25N5O13S3/c30-23-12-21-15(9-27(23)50(42,43)44)8-26(48-47-46-38)28(29(21)37)34-33-25-7-6-24(20-5-4-19(11-22(20)25)49(39,40)41)32-31-16-2-1-3-18(10-16)45-14-17(36)13-35/h1-12,17,35-38H,13-14,30H2,(H,39,40,41)(H,42,43,44). The van der Waals surface area contributed by atoms with Crippen molar-refractivity contribution in [1.29, 1.82) is 0 Å². The Morgan fingerprint density at radius 2 is 1.54 bits per heavy atom. The number of hydrogen-bond donors (Lipinski definition) is 7. The first-order valence-corrected chi connectivity index (χ1v) is 17.4. The van der Waals surface area contributed by atoms with Crippen LogP contribution in [0.15, 0.2) is 108 Å². The molecule has 0 aliphatic rings. The highest BCUT2D eigenvalue weighted by atomic mass is 32.2. The van der Waals surface area contributed by atoms with Gasteiger partial charge < -0.3 is 25.8 Å². The zero-order valence-electron chi connectivity index (χ0n) is 25.1. The molecule has 0 aromatic heterocycles. The van der Waals surface area contributed by atoms with E-state index in [1.807, 2.05) is 0 Å². The van der Waals surface area contributed by atoms with E-state index in [4.69, 9.17) is 20.8 Å². The molecule has 8 N–H and O–H groups in total. The second-order valence-corrected chi connectivity index (χ2v) is 13.8. The van der Waals surface area contributed by atoms with Crippen molar-refractivity contribution in [2.75, 3.05) is 18.9 Å². The second kappa shape index (κ2) is 15.0. The normalized spacial score (nSPS) is 13.1. The van der Waals surface area contributed by atoms with Gasteiger partial charge >= 0.3 is 0 Å². The quantitative estimate of drug-likeness (QED) is 0.0188. The van der Waals surface area contributed by atoms with Crippen LogP contribution in [0, 0.1) is 0 Å². The number of aliphatic hydroxyl groups excluding tert-OH is 2. The molecule has 0 bridgehead atoms. The van der Waals surface area contributed by atoms with Crippen molar-refractivity contribution in [2.24, 2.45) is 20.5 Å². The zero-order chi connectivity index (χ0) is 36.2. The average molecular weight is 748 g/mol. The molecule has 0 saturated heterocycles. The summed E-state index contributed by atoms with van der Waals surface area (Å²) in [6.07, 6.45) is -1.08. The molecule has 0 heterocycles. The molecular weight excluding hydrogens is 723 g/mol. The molecule has 262 valence electrons. The lowest BCUT2D eigenvalue weighted by atomic mass is 10.1. The van der Waals surface area contributed by atoms with Crippen LogP contribution in [0.25, 0.3) is 21.5 Å². The van der Waals surface area contributed by atoms with E-state index >= 15 is 0 Å². The van der Waals surface area contributed by atoms with E-state index in [0.29, 0.717) is 28.9 Å². The van der Waals surface area contributed by atoms with Crippen LogP contribution >= 0.6 is 12.0 Å². The van der Waals surface area contributed by atoms with E-state index in [0.717, 1.165) is 24.3 Å². The van der Waals surface area contributed by atoms with Crippen molar-refractivity contribution < 1.29 is 60.6 Å². The second-order valence-electron chi connectivity index (χ2n) is 10.2. The fraction of sp³-hybridized carbons (Fsp3) is 0.103. The number of rotatable bonds is 13. The summed E-state index contributed by atoms with van der Waals surface area (Å²) < 4.78 is 76.7. The third-order valence-electron chi connectivity index (χ3n) is 6.86. The molecule has 0 radical (unpaired) electrons. The van der Waals surface area contributed by atoms with Gasteiger partial charge in [0.1, 0.15) is 29.0 Å². The van der Waals surface area contributed by atoms with E-state index in [1.165, 1.54) is 30.3 Å². The largest absolute Gasteiger partial charge is 0.505 e. The Morgan fingerprint density at radius 3 is 2.22 bits per heavy atom. The molecule has 18 nitrogen and oxygen atoms in total. The number of anilines is 1. The van der Waals surface area contributed by atoms with Crippen LogP contribution in [0.4, 0.5) is 28.4 Å². The monoisotopic (exact) mass is 747 g/mol. The number of phenols is 1. The van der Waals surface area contributed by atoms with Crippen molar-refractivity contribution in [3.63, 3.8) is 0 Å². The first-order valence-electron chi connectivity index (χ1n) is 13.8. The highest BCUT2D eigenvalue weighted by molar-refractivity contribution is 7.94. The van der Waals surface area contributed by atoms with Gasteiger partial charge in [0, 0.05) is 22.2 Å². The number of aromatic hydroxyl groups is 1. The topological polar surface area (TPSA) is 293 Å². The van der Waals surface area contributed by atoms with Crippen LogP contribution in [-0.4, -0.2) is 65.8 Å². The van der Waals surface area contributed by atoms with E-state index in [9.17, 15) is 36.2 Å². The number of hydrogen-bond acceptors (Lipinski definition) is 17. The molecule has 21 heteroatoms. The Kier molecular flexibility index (Phi) is 10.9. The van der Waals surface area contributed by atoms with Gasteiger partial charge in [0.2, 0.25) is 0 Å². The summed E-state index contributed by atoms with van der Waals surface area (Å²) in [6.45, 7) is -0.635. The van der Waals surface area contributed by atoms with Crippen molar-refractivity contribution in [2.45, 2.75) is 20.8 Å². The Hall–Kier alpha value is -4.81. The number of azo groups is 2. The van der Waals surface area contributed by atoms with Crippen molar-refractivity contribution in [3.8, 4) is 11.5 Å². The summed E-state index contributed by atoms with van der Waals surface area (Å²) in [5.41, 5.74) is 5.75. The van der Waals surface area contributed by atoms with E-state index < -0.39 is 48.5 Å². The summed E-state index contributed by atoms with van der Waals surface area (Å²) >= 11 is 0.350. The molecule has 5 rings (SSSR count). The fourth-order valence-corrected chi connectivity index (χ4v) is 6.19. The van der Waals surface area contributed by atoms with Gasteiger partial charge in [-0.3, -0.25) is 9.11 Å².